The van der Waals surface area contributed by atoms with Crippen LogP contribution in [0.5, 0.6) is 0 Å². The summed E-state index contributed by atoms with van der Waals surface area (Å²) in [6, 6.07) is -0.0356. The Kier molecular flexibility index (Phi) is 3.76. The zero-order chi connectivity index (χ0) is 13.5. The van der Waals surface area contributed by atoms with Gasteiger partial charge in [0.15, 0.2) is 5.78 Å². The van der Waals surface area contributed by atoms with E-state index in [9.17, 15) is 14.1 Å². The summed E-state index contributed by atoms with van der Waals surface area (Å²) in [5.41, 5.74) is 1.08. The fourth-order valence-electron chi connectivity index (χ4n) is 2.74. The van der Waals surface area contributed by atoms with Gasteiger partial charge in [0.05, 0.1) is 4.75 Å². The molecule has 5 heteroatoms. The van der Waals surface area contributed by atoms with Gasteiger partial charge in [0, 0.05) is 31.5 Å². The molecule has 0 aromatic carbocycles. The Hall–Kier alpha value is -0.520. The monoisotopic (exact) mass is 271 g/mol. The summed E-state index contributed by atoms with van der Waals surface area (Å²) in [4.78, 5) is 11.4. The fourth-order valence-corrected chi connectivity index (χ4v) is 4.22. The van der Waals surface area contributed by atoms with Crippen LogP contribution in [0.15, 0.2) is 11.6 Å². The lowest BCUT2D eigenvalue weighted by Crippen LogP contribution is -2.41. The third-order valence-electron chi connectivity index (χ3n) is 3.52. The molecule has 1 heterocycles. The first-order valence-corrected chi connectivity index (χ1v) is 7.49. The molecule has 3 atom stereocenters. The maximum absolute atomic E-state index is 12.5. The summed E-state index contributed by atoms with van der Waals surface area (Å²) >= 11 is 0. The topological polar surface area (TPSA) is 57.6 Å². The molecular weight excluding hydrogens is 250 g/mol. The van der Waals surface area contributed by atoms with Crippen molar-refractivity contribution in [2.75, 3.05) is 13.2 Å². The fraction of sp³-hybridized carbons (Fsp3) is 0.769. The summed E-state index contributed by atoms with van der Waals surface area (Å²) in [5, 5.41) is 9.18. The minimum Gasteiger partial charge on any atom is -0.396 e. The molecule has 0 saturated carbocycles. The highest BCUT2D eigenvalue weighted by atomic mass is 32.2. The zero-order valence-electron chi connectivity index (χ0n) is 11.2. The van der Waals surface area contributed by atoms with Crippen molar-refractivity contribution in [3.8, 4) is 0 Å². The minimum atomic E-state index is -1.09. The third-order valence-corrected chi connectivity index (χ3v) is 5.40. The lowest BCUT2D eigenvalue weighted by atomic mass is 10.00. The zero-order valence-corrected chi connectivity index (χ0v) is 12.0. The van der Waals surface area contributed by atoms with Gasteiger partial charge in [0.1, 0.15) is 11.0 Å². The molecule has 2 aliphatic rings. The number of aliphatic hydroxyl groups excluding tert-OH is 1. The van der Waals surface area contributed by atoms with Gasteiger partial charge in [-0.15, -0.1) is 0 Å². The number of fused-ring (bicyclic) bond motifs is 1. The number of hydrogen-bond acceptors (Lipinski definition) is 3. The van der Waals surface area contributed by atoms with E-state index < -0.39 is 11.0 Å². The maximum atomic E-state index is 12.5. The quantitative estimate of drug-likeness (QED) is 0.834. The van der Waals surface area contributed by atoms with E-state index in [2.05, 4.69) is 0 Å². The molecule has 1 N–H and O–H groups in total. The van der Waals surface area contributed by atoms with Gasteiger partial charge < -0.3 is 5.11 Å². The summed E-state index contributed by atoms with van der Waals surface area (Å²) in [5.74, 6) is 0.375. The van der Waals surface area contributed by atoms with Gasteiger partial charge in [0.25, 0.3) is 0 Å². The van der Waals surface area contributed by atoms with Gasteiger partial charge in [-0.2, -0.15) is 0 Å². The molecule has 18 heavy (non-hydrogen) atoms. The summed E-state index contributed by atoms with van der Waals surface area (Å²) in [6.07, 6.45) is 2.79. The van der Waals surface area contributed by atoms with Crippen LogP contribution in [0.25, 0.3) is 0 Å². The van der Waals surface area contributed by atoms with Crippen LogP contribution in [0.4, 0.5) is 0 Å². The number of nitrogens with zero attached hydrogens (tertiary/aromatic N) is 1. The summed E-state index contributed by atoms with van der Waals surface area (Å²) in [6.45, 7) is 6.58. The number of carbonyl (C=O) groups excluding carboxylic acids is 1. The van der Waals surface area contributed by atoms with E-state index in [1.54, 1.807) is 6.08 Å². The lowest BCUT2D eigenvalue weighted by molar-refractivity contribution is -0.114. The molecule has 1 aliphatic carbocycles. The Labute approximate surface area is 111 Å². The molecule has 1 saturated heterocycles. The van der Waals surface area contributed by atoms with E-state index in [1.807, 2.05) is 25.1 Å². The molecule has 0 bridgehead atoms. The van der Waals surface area contributed by atoms with Gasteiger partial charge in [-0.25, -0.2) is 8.51 Å². The van der Waals surface area contributed by atoms with E-state index in [-0.39, 0.29) is 29.1 Å². The van der Waals surface area contributed by atoms with Gasteiger partial charge in [-0.05, 0) is 38.8 Å². The van der Waals surface area contributed by atoms with E-state index in [1.165, 1.54) is 0 Å². The molecule has 1 fully saturated rings. The smallest absolute Gasteiger partial charge is 0.156 e. The average Bonchev–Trinajstić information content (AvgIpc) is 2.74. The molecule has 0 aromatic heterocycles. The first-order chi connectivity index (χ1) is 8.34. The van der Waals surface area contributed by atoms with Crippen LogP contribution in [-0.2, 0) is 15.8 Å². The van der Waals surface area contributed by atoms with E-state index in [4.69, 9.17) is 0 Å². The van der Waals surface area contributed by atoms with Crippen LogP contribution < -0.4 is 0 Å². The summed E-state index contributed by atoms with van der Waals surface area (Å²) < 4.78 is 14.2. The first-order valence-electron chi connectivity index (χ1n) is 6.38. The maximum Gasteiger partial charge on any atom is 0.156 e. The predicted molar refractivity (Wildman–Crippen MR) is 71.3 cm³/mol. The van der Waals surface area contributed by atoms with Crippen LogP contribution in [0.2, 0.25) is 0 Å². The first kappa shape index (κ1) is 13.9. The standard InChI is InChI=1S/C13H21NO3S/c1-13(2,3)18(17)14-8-9-6-10(16)7-11(9)12(14)4-5-15/h7,9,12,15H,4-6,8H2,1-3H3/t9-,12+,18?/m1/s1. The number of aliphatic hydroxyl groups is 1. The highest BCUT2D eigenvalue weighted by Gasteiger charge is 2.45. The van der Waals surface area contributed by atoms with Crippen molar-refractivity contribution in [1.29, 1.82) is 0 Å². The molecule has 2 rings (SSSR count). The molecule has 0 aromatic rings. The second-order valence-electron chi connectivity index (χ2n) is 6.00. The SMILES string of the molecule is CC(C)(C)S(=O)N1C[C@H]2CC(=O)C=C2[C@@H]1CCO. The van der Waals surface area contributed by atoms with Crippen molar-refractivity contribution < 1.29 is 14.1 Å². The van der Waals surface area contributed by atoms with Crippen LogP contribution in [0.3, 0.4) is 0 Å². The highest BCUT2D eigenvalue weighted by molar-refractivity contribution is 7.84. The van der Waals surface area contributed by atoms with Crippen LogP contribution in [-0.4, -0.2) is 43.3 Å². The van der Waals surface area contributed by atoms with Crippen LogP contribution in [0, 0.1) is 5.92 Å². The Morgan fingerprint density at radius 3 is 2.72 bits per heavy atom. The minimum absolute atomic E-state index is 0.0356. The van der Waals surface area contributed by atoms with Crippen molar-refractivity contribution in [2.45, 2.75) is 44.4 Å². The van der Waals surface area contributed by atoms with Crippen molar-refractivity contribution >= 4 is 16.8 Å². The molecule has 0 spiro atoms. The number of hydrogen-bond donors (Lipinski definition) is 1. The van der Waals surface area contributed by atoms with Gasteiger partial charge >= 0.3 is 0 Å². The van der Waals surface area contributed by atoms with Crippen molar-refractivity contribution in [3.63, 3.8) is 0 Å². The van der Waals surface area contributed by atoms with E-state index >= 15 is 0 Å². The molecular formula is C13H21NO3S. The van der Waals surface area contributed by atoms with Crippen molar-refractivity contribution in [2.24, 2.45) is 5.92 Å². The molecule has 4 nitrogen and oxygen atoms in total. The largest absolute Gasteiger partial charge is 0.396 e. The Bertz CT molecular complexity index is 411. The number of carbonyl (C=O) groups is 1. The highest BCUT2D eigenvalue weighted by Crippen LogP contribution is 2.39. The predicted octanol–water partition coefficient (Wildman–Crippen LogP) is 1.03. The normalized spacial score (nSPS) is 30.4. The second kappa shape index (κ2) is 4.87. The summed E-state index contributed by atoms with van der Waals surface area (Å²) in [7, 11) is -1.09. The number of allylic oxidation sites excluding steroid dienone is 1. The van der Waals surface area contributed by atoms with Crippen LogP contribution >= 0.6 is 0 Å². The molecule has 0 amide bonds. The number of rotatable bonds is 3. The van der Waals surface area contributed by atoms with Crippen molar-refractivity contribution in [1.82, 2.24) is 4.31 Å². The van der Waals surface area contributed by atoms with E-state index in [0.717, 1.165) is 5.57 Å². The molecule has 1 unspecified atom stereocenters. The number of ketones is 1. The Morgan fingerprint density at radius 2 is 2.17 bits per heavy atom. The van der Waals surface area contributed by atoms with Gasteiger partial charge in [-0.3, -0.25) is 4.79 Å². The van der Waals surface area contributed by atoms with Crippen molar-refractivity contribution in [3.05, 3.63) is 11.6 Å². The molecule has 102 valence electrons. The second-order valence-corrected chi connectivity index (χ2v) is 8.19. The third kappa shape index (κ3) is 2.44. The van der Waals surface area contributed by atoms with Gasteiger partial charge in [-0.1, -0.05) is 0 Å². The van der Waals surface area contributed by atoms with Crippen LogP contribution in [0.1, 0.15) is 33.6 Å². The van der Waals surface area contributed by atoms with E-state index in [0.29, 0.717) is 19.4 Å². The molecule has 0 radical (unpaired) electrons. The molecule has 1 aliphatic heterocycles. The Balaban J connectivity index is 2.25. The average molecular weight is 271 g/mol. The Morgan fingerprint density at radius 1 is 1.50 bits per heavy atom. The lowest BCUT2D eigenvalue weighted by Gasteiger charge is -2.30. The van der Waals surface area contributed by atoms with Gasteiger partial charge in [0.2, 0.25) is 0 Å².